The van der Waals surface area contributed by atoms with Crippen LogP contribution >= 0.6 is 11.8 Å². The Balaban J connectivity index is 1.59. The Bertz CT molecular complexity index is 843. The molecule has 1 amide bonds. The maximum Gasteiger partial charge on any atom is 0.243 e. The second-order valence-electron chi connectivity index (χ2n) is 5.66. The fraction of sp³-hybridized carbons (Fsp3) is 0.400. The van der Waals surface area contributed by atoms with Crippen molar-refractivity contribution in [2.45, 2.75) is 28.9 Å². The van der Waals surface area contributed by atoms with E-state index in [0.29, 0.717) is 30.3 Å². The van der Waals surface area contributed by atoms with Gasteiger partial charge in [-0.3, -0.25) is 9.89 Å². The monoisotopic (exact) mass is 399 g/mol. The number of nitrogens with zero attached hydrogens (tertiary/aromatic N) is 3. The summed E-state index contributed by atoms with van der Waals surface area (Å²) in [6.07, 6.45) is 2.46. The van der Waals surface area contributed by atoms with Crippen LogP contribution in [0.4, 0.5) is 4.39 Å². The number of aromatic nitrogens is 3. The molecule has 1 unspecified atom stereocenters. The minimum atomic E-state index is -3.84. The highest BCUT2D eigenvalue weighted by Gasteiger charge is 2.39. The van der Waals surface area contributed by atoms with E-state index in [1.807, 2.05) is 0 Å². The van der Waals surface area contributed by atoms with Crippen molar-refractivity contribution in [3.63, 3.8) is 0 Å². The standard InChI is InChI=1S/C15H18FN5O3S2/c16-11-3-5-12(6-4-11)26(23,24)21-8-1-2-13(21)14(22)17-7-9-25-15-18-10-19-20-15/h3-6,10,13H,1-2,7-9H2,(H,17,22)(H,18,19,20). The molecule has 1 atom stereocenters. The first kappa shape index (κ1) is 18.8. The van der Waals surface area contributed by atoms with Gasteiger partial charge in [-0.15, -0.1) is 0 Å². The van der Waals surface area contributed by atoms with Crippen LogP contribution in [0.15, 0.2) is 40.6 Å². The van der Waals surface area contributed by atoms with E-state index in [9.17, 15) is 17.6 Å². The van der Waals surface area contributed by atoms with Gasteiger partial charge in [0, 0.05) is 18.8 Å². The Morgan fingerprint density at radius 3 is 2.85 bits per heavy atom. The van der Waals surface area contributed by atoms with Crippen LogP contribution in [0.5, 0.6) is 0 Å². The first-order valence-electron chi connectivity index (χ1n) is 8.02. The Hall–Kier alpha value is -1.98. The number of benzene rings is 1. The van der Waals surface area contributed by atoms with E-state index in [1.165, 1.54) is 34.5 Å². The van der Waals surface area contributed by atoms with Crippen molar-refractivity contribution in [1.82, 2.24) is 24.8 Å². The van der Waals surface area contributed by atoms with E-state index < -0.39 is 21.9 Å². The summed E-state index contributed by atoms with van der Waals surface area (Å²) < 4.78 is 39.7. The van der Waals surface area contributed by atoms with E-state index in [-0.39, 0.29) is 17.3 Å². The van der Waals surface area contributed by atoms with Gasteiger partial charge < -0.3 is 5.32 Å². The van der Waals surface area contributed by atoms with Gasteiger partial charge in [0.15, 0.2) is 5.16 Å². The summed E-state index contributed by atoms with van der Waals surface area (Å²) in [5.74, 6) is -0.256. The third-order valence-corrected chi connectivity index (χ3v) is 6.76. The van der Waals surface area contributed by atoms with Crippen LogP contribution in [0, 0.1) is 5.82 Å². The molecule has 2 N–H and O–H groups in total. The topological polar surface area (TPSA) is 108 Å². The predicted octanol–water partition coefficient (Wildman–Crippen LogP) is 1.01. The van der Waals surface area contributed by atoms with Crippen LogP contribution in [0.25, 0.3) is 0 Å². The lowest BCUT2D eigenvalue weighted by Crippen LogP contribution is -2.46. The fourth-order valence-electron chi connectivity index (χ4n) is 2.74. The third-order valence-electron chi connectivity index (χ3n) is 3.96. The van der Waals surface area contributed by atoms with E-state index in [4.69, 9.17) is 0 Å². The molecule has 1 saturated heterocycles. The second kappa shape index (κ2) is 8.14. The number of rotatable bonds is 7. The van der Waals surface area contributed by atoms with Crippen molar-refractivity contribution in [1.29, 1.82) is 0 Å². The molecule has 2 heterocycles. The van der Waals surface area contributed by atoms with Crippen LogP contribution in [0.1, 0.15) is 12.8 Å². The molecule has 8 nitrogen and oxygen atoms in total. The molecule has 0 spiro atoms. The number of amides is 1. The molecule has 26 heavy (non-hydrogen) atoms. The van der Waals surface area contributed by atoms with Gasteiger partial charge in [-0.1, -0.05) is 11.8 Å². The molecule has 1 aromatic carbocycles. The maximum absolute atomic E-state index is 13.0. The number of carbonyl (C=O) groups excluding carboxylic acids is 1. The molecular formula is C15H18FN5O3S2. The minimum absolute atomic E-state index is 0.0144. The summed E-state index contributed by atoms with van der Waals surface area (Å²) in [4.78, 5) is 16.4. The first-order chi connectivity index (χ1) is 12.5. The summed E-state index contributed by atoms with van der Waals surface area (Å²) in [5, 5.41) is 9.85. The third kappa shape index (κ3) is 4.22. The molecule has 1 aliphatic rings. The van der Waals surface area contributed by atoms with Crippen molar-refractivity contribution in [3.05, 3.63) is 36.4 Å². The Morgan fingerprint density at radius 2 is 2.15 bits per heavy atom. The molecule has 1 aliphatic heterocycles. The lowest BCUT2D eigenvalue weighted by atomic mass is 10.2. The number of halogens is 1. The summed E-state index contributed by atoms with van der Waals surface area (Å²) in [5.41, 5.74) is 0. The molecule has 11 heteroatoms. The van der Waals surface area contributed by atoms with Gasteiger partial charge in [-0.2, -0.15) is 9.40 Å². The van der Waals surface area contributed by atoms with Gasteiger partial charge in [0.25, 0.3) is 0 Å². The number of hydrogen-bond acceptors (Lipinski definition) is 6. The molecule has 0 bridgehead atoms. The molecule has 1 fully saturated rings. The average molecular weight is 399 g/mol. The summed E-state index contributed by atoms with van der Waals surface area (Å²) >= 11 is 1.40. The van der Waals surface area contributed by atoms with Gasteiger partial charge in [0.05, 0.1) is 4.90 Å². The summed E-state index contributed by atoms with van der Waals surface area (Å²) in [6, 6.07) is 3.87. The highest BCUT2D eigenvalue weighted by Crippen LogP contribution is 2.26. The van der Waals surface area contributed by atoms with Crippen molar-refractivity contribution in [3.8, 4) is 0 Å². The van der Waals surface area contributed by atoms with Crippen LogP contribution in [0.2, 0.25) is 0 Å². The normalized spacial score (nSPS) is 18.1. The largest absolute Gasteiger partial charge is 0.354 e. The lowest BCUT2D eigenvalue weighted by Gasteiger charge is -2.23. The van der Waals surface area contributed by atoms with E-state index in [2.05, 4.69) is 20.5 Å². The summed E-state index contributed by atoms with van der Waals surface area (Å²) in [6.45, 7) is 0.649. The lowest BCUT2D eigenvalue weighted by molar-refractivity contribution is -0.124. The Labute approximate surface area is 154 Å². The highest BCUT2D eigenvalue weighted by atomic mass is 32.2. The molecule has 0 saturated carbocycles. The fourth-order valence-corrected chi connectivity index (χ4v) is 5.03. The number of carbonyl (C=O) groups is 1. The number of H-pyrrole nitrogens is 1. The summed E-state index contributed by atoms with van der Waals surface area (Å²) in [7, 11) is -3.84. The van der Waals surface area contributed by atoms with E-state index >= 15 is 0 Å². The van der Waals surface area contributed by atoms with Gasteiger partial charge in [-0.25, -0.2) is 17.8 Å². The van der Waals surface area contributed by atoms with Gasteiger partial charge >= 0.3 is 0 Å². The zero-order chi connectivity index (χ0) is 18.6. The average Bonchev–Trinajstić information content (AvgIpc) is 3.30. The highest BCUT2D eigenvalue weighted by molar-refractivity contribution is 7.99. The SMILES string of the molecule is O=C(NCCSc1ncn[nH]1)C1CCCN1S(=O)(=O)c1ccc(F)cc1. The smallest absolute Gasteiger partial charge is 0.243 e. The maximum atomic E-state index is 13.0. The quantitative estimate of drug-likeness (QED) is 0.531. The van der Waals surface area contributed by atoms with Crippen LogP contribution in [0.3, 0.4) is 0 Å². The zero-order valence-corrected chi connectivity index (χ0v) is 15.4. The molecule has 0 aliphatic carbocycles. The van der Waals surface area contributed by atoms with Crippen molar-refractivity contribution in [2.75, 3.05) is 18.8 Å². The van der Waals surface area contributed by atoms with Gasteiger partial charge in [0.2, 0.25) is 15.9 Å². The van der Waals surface area contributed by atoms with Crippen molar-refractivity contribution < 1.29 is 17.6 Å². The predicted molar refractivity (Wildman–Crippen MR) is 93.4 cm³/mol. The molecule has 3 rings (SSSR count). The number of sulfonamides is 1. The number of nitrogens with one attached hydrogen (secondary N) is 2. The number of hydrogen-bond donors (Lipinski definition) is 2. The Kier molecular flexibility index (Phi) is 5.89. The van der Waals surface area contributed by atoms with Gasteiger partial charge in [0.1, 0.15) is 18.2 Å². The number of aromatic amines is 1. The molecular weight excluding hydrogens is 381 g/mol. The molecule has 1 aromatic heterocycles. The number of thioether (sulfide) groups is 1. The van der Waals surface area contributed by atoms with Gasteiger partial charge in [-0.05, 0) is 37.1 Å². The second-order valence-corrected chi connectivity index (χ2v) is 8.63. The minimum Gasteiger partial charge on any atom is -0.354 e. The molecule has 2 aromatic rings. The van der Waals surface area contributed by atoms with Crippen LogP contribution in [-0.2, 0) is 14.8 Å². The van der Waals surface area contributed by atoms with Crippen LogP contribution < -0.4 is 5.32 Å². The van der Waals surface area contributed by atoms with Crippen LogP contribution in [-0.4, -0.2) is 58.7 Å². The Morgan fingerprint density at radius 1 is 1.38 bits per heavy atom. The van der Waals surface area contributed by atoms with Crippen molar-refractivity contribution >= 4 is 27.7 Å². The van der Waals surface area contributed by atoms with Crippen molar-refractivity contribution in [2.24, 2.45) is 0 Å². The first-order valence-corrected chi connectivity index (χ1v) is 10.4. The molecule has 140 valence electrons. The van der Waals surface area contributed by atoms with E-state index in [1.54, 1.807) is 0 Å². The van der Waals surface area contributed by atoms with E-state index in [0.717, 1.165) is 12.1 Å². The zero-order valence-electron chi connectivity index (χ0n) is 13.8. The molecule has 0 radical (unpaired) electrons.